The van der Waals surface area contributed by atoms with Crippen LogP contribution in [0.1, 0.15) is 46.5 Å². The molecule has 20 heavy (non-hydrogen) atoms. The number of rotatable bonds is 3. The van der Waals surface area contributed by atoms with E-state index in [0.717, 1.165) is 11.1 Å². The second-order valence-electron chi connectivity index (χ2n) is 5.78. The van der Waals surface area contributed by atoms with Crippen molar-refractivity contribution in [1.82, 2.24) is 0 Å². The third-order valence-corrected chi connectivity index (χ3v) is 3.88. The lowest BCUT2D eigenvalue weighted by molar-refractivity contribution is -0.255. The van der Waals surface area contributed by atoms with Crippen molar-refractivity contribution in [2.75, 3.05) is 0 Å². The highest BCUT2D eigenvalue weighted by molar-refractivity contribution is 5.88. The molecule has 0 heterocycles. The topological polar surface area (TPSA) is 40.1 Å². The molecular weight excluding hydrogens is 248 g/mol. The molecule has 0 atom stereocenters. The summed E-state index contributed by atoms with van der Waals surface area (Å²) < 4.78 is 0. The number of carbonyl (C=O) groups excluding carboxylic acids is 1. The van der Waals surface area contributed by atoms with Crippen LogP contribution in [0.3, 0.4) is 0 Å². The summed E-state index contributed by atoms with van der Waals surface area (Å²) >= 11 is 0. The van der Waals surface area contributed by atoms with Crippen molar-refractivity contribution in [3.05, 3.63) is 70.3 Å². The summed E-state index contributed by atoms with van der Waals surface area (Å²) in [6, 6.07) is 13.3. The van der Waals surface area contributed by atoms with Crippen molar-refractivity contribution in [2.45, 2.75) is 33.1 Å². The lowest BCUT2D eigenvalue weighted by Crippen LogP contribution is -2.29. The van der Waals surface area contributed by atoms with Gasteiger partial charge in [0.05, 0.1) is 5.97 Å². The van der Waals surface area contributed by atoms with Crippen LogP contribution in [0.5, 0.6) is 0 Å². The Morgan fingerprint density at radius 1 is 1.00 bits per heavy atom. The lowest BCUT2D eigenvalue weighted by atomic mass is 9.74. The van der Waals surface area contributed by atoms with Crippen molar-refractivity contribution in [3.8, 4) is 0 Å². The molecule has 0 saturated carbocycles. The molecule has 2 aromatic rings. The highest BCUT2D eigenvalue weighted by Crippen LogP contribution is 2.35. The van der Waals surface area contributed by atoms with Crippen LogP contribution in [0, 0.1) is 13.8 Å². The van der Waals surface area contributed by atoms with Gasteiger partial charge in [-0.3, -0.25) is 0 Å². The van der Waals surface area contributed by atoms with E-state index < -0.39 is 5.97 Å². The van der Waals surface area contributed by atoms with Crippen LogP contribution in [-0.2, 0) is 5.41 Å². The van der Waals surface area contributed by atoms with E-state index in [-0.39, 0.29) is 11.0 Å². The Bertz CT molecular complexity index is 654. The van der Waals surface area contributed by atoms with E-state index in [9.17, 15) is 9.90 Å². The van der Waals surface area contributed by atoms with Crippen LogP contribution < -0.4 is 5.11 Å². The first-order valence-electron chi connectivity index (χ1n) is 6.72. The smallest absolute Gasteiger partial charge is 0.0718 e. The third kappa shape index (κ3) is 2.46. The van der Waals surface area contributed by atoms with E-state index in [4.69, 9.17) is 0 Å². The number of aryl methyl sites for hydroxylation is 2. The molecule has 2 aromatic carbocycles. The van der Waals surface area contributed by atoms with Crippen LogP contribution >= 0.6 is 0 Å². The zero-order valence-electron chi connectivity index (χ0n) is 12.4. The fourth-order valence-electron chi connectivity index (χ4n) is 2.87. The van der Waals surface area contributed by atoms with Gasteiger partial charge in [0, 0.05) is 11.0 Å². The highest BCUT2D eigenvalue weighted by atomic mass is 16.4. The van der Waals surface area contributed by atoms with Gasteiger partial charge in [-0.2, -0.15) is 0 Å². The van der Waals surface area contributed by atoms with Crippen LogP contribution in [0.4, 0.5) is 0 Å². The lowest BCUT2D eigenvalue weighted by Gasteiger charge is -2.30. The Morgan fingerprint density at radius 3 is 2.25 bits per heavy atom. The predicted molar refractivity (Wildman–Crippen MR) is 78.8 cm³/mol. The normalized spacial score (nSPS) is 11.4. The van der Waals surface area contributed by atoms with Gasteiger partial charge in [-0.25, -0.2) is 0 Å². The molecule has 0 unspecified atom stereocenters. The van der Waals surface area contributed by atoms with E-state index in [0.29, 0.717) is 0 Å². The Morgan fingerprint density at radius 2 is 1.65 bits per heavy atom. The molecule has 0 saturated heterocycles. The second kappa shape index (κ2) is 5.12. The van der Waals surface area contributed by atoms with E-state index in [1.807, 2.05) is 26.0 Å². The number of aromatic carboxylic acids is 1. The maximum absolute atomic E-state index is 11.3. The Hall–Kier alpha value is -2.09. The van der Waals surface area contributed by atoms with Crippen LogP contribution in [0.2, 0.25) is 0 Å². The quantitative estimate of drug-likeness (QED) is 0.857. The third-order valence-electron chi connectivity index (χ3n) is 3.88. The number of carbonyl (C=O) groups is 1. The molecular formula is C18H19O2-. The second-order valence-corrected chi connectivity index (χ2v) is 5.78. The molecule has 0 aliphatic heterocycles. The summed E-state index contributed by atoms with van der Waals surface area (Å²) in [5.74, 6) is -1.13. The first-order valence-corrected chi connectivity index (χ1v) is 6.72. The zero-order chi connectivity index (χ0) is 14.9. The first-order chi connectivity index (χ1) is 9.34. The molecule has 104 valence electrons. The SMILES string of the molecule is Cc1ccc(C(C)(C)c2ccccc2C(=O)[O-])c(C)c1. The molecule has 0 N–H and O–H groups in total. The number of carboxylic acid groups (broad SMARTS) is 1. The van der Waals surface area contributed by atoms with E-state index in [2.05, 4.69) is 32.0 Å². The summed E-state index contributed by atoms with van der Waals surface area (Å²) in [6.45, 7) is 8.21. The molecule has 0 aliphatic rings. The van der Waals surface area contributed by atoms with Crippen molar-refractivity contribution >= 4 is 5.97 Å². The molecule has 2 rings (SSSR count). The van der Waals surface area contributed by atoms with Gasteiger partial charge in [0.1, 0.15) is 0 Å². The van der Waals surface area contributed by atoms with Crippen molar-refractivity contribution in [1.29, 1.82) is 0 Å². The number of hydrogen-bond acceptors (Lipinski definition) is 2. The van der Waals surface area contributed by atoms with E-state index >= 15 is 0 Å². The summed E-state index contributed by atoms with van der Waals surface area (Å²) in [7, 11) is 0. The van der Waals surface area contributed by atoms with Crippen LogP contribution in [0.25, 0.3) is 0 Å². The molecule has 0 radical (unpaired) electrons. The molecule has 0 amide bonds. The minimum atomic E-state index is -1.13. The van der Waals surface area contributed by atoms with Crippen molar-refractivity contribution in [3.63, 3.8) is 0 Å². The van der Waals surface area contributed by atoms with Gasteiger partial charge in [0.15, 0.2) is 0 Å². The summed E-state index contributed by atoms with van der Waals surface area (Å²) in [5, 5.41) is 11.3. The van der Waals surface area contributed by atoms with E-state index in [1.165, 1.54) is 11.1 Å². The van der Waals surface area contributed by atoms with Gasteiger partial charge in [-0.05, 0) is 30.5 Å². The molecule has 0 spiro atoms. The Labute approximate surface area is 120 Å². The van der Waals surface area contributed by atoms with E-state index in [1.54, 1.807) is 12.1 Å². The van der Waals surface area contributed by atoms with Gasteiger partial charge >= 0.3 is 0 Å². The number of carboxylic acids is 1. The first kappa shape index (κ1) is 14.3. The fraction of sp³-hybridized carbons (Fsp3) is 0.278. The highest BCUT2D eigenvalue weighted by Gasteiger charge is 2.27. The molecule has 0 aliphatic carbocycles. The molecule has 2 nitrogen and oxygen atoms in total. The monoisotopic (exact) mass is 267 g/mol. The zero-order valence-corrected chi connectivity index (χ0v) is 12.4. The fourth-order valence-corrected chi connectivity index (χ4v) is 2.87. The van der Waals surface area contributed by atoms with Gasteiger partial charge in [-0.15, -0.1) is 0 Å². The van der Waals surface area contributed by atoms with Gasteiger partial charge < -0.3 is 9.90 Å². The summed E-state index contributed by atoms with van der Waals surface area (Å²) in [4.78, 5) is 11.3. The predicted octanol–water partition coefficient (Wildman–Crippen LogP) is 2.99. The van der Waals surface area contributed by atoms with Crippen LogP contribution in [-0.4, -0.2) is 5.97 Å². The van der Waals surface area contributed by atoms with Crippen LogP contribution in [0.15, 0.2) is 42.5 Å². The minimum Gasteiger partial charge on any atom is -0.545 e. The van der Waals surface area contributed by atoms with Gasteiger partial charge in [0.2, 0.25) is 0 Å². The maximum Gasteiger partial charge on any atom is 0.0718 e. The summed E-state index contributed by atoms with van der Waals surface area (Å²) in [5.41, 5.74) is 4.17. The maximum atomic E-state index is 11.3. The molecule has 0 bridgehead atoms. The van der Waals surface area contributed by atoms with Crippen molar-refractivity contribution < 1.29 is 9.90 Å². The minimum absolute atomic E-state index is 0.262. The van der Waals surface area contributed by atoms with Gasteiger partial charge in [-0.1, -0.05) is 61.9 Å². The molecule has 0 fully saturated rings. The molecule has 2 heteroatoms. The molecule has 0 aromatic heterocycles. The Balaban J connectivity index is 2.63. The summed E-state index contributed by atoms with van der Waals surface area (Å²) in [6.07, 6.45) is 0. The number of benzene rings is 2. The van der Waals surface area contributed by atoms with Crippen molar-refractivity contribution in [2.24, 2.45) is 0 Å². The average molecular weight is 267 g/mol. The largest absolute Gasteiger partial charge is 0.545 e. The number of hydrogen-bond donors (Lipinski definition) is 0. The average Bonchev–Trinajstić information content (AvgIpc) is 2.38. The standard InChI is InChI=1S/C18H20O2/c1-12-9-10-15(13(2)11-12)18(3,4)16-8-6-5-7-14(16)17(19)20/h5-11H,1-4H3,(H,19,20)/p-1. The van der Waals surface area contributed by atoms with Gasteiger partial charge in [0.25, 0.3) is 0 Å². The Kier molecular flexibility index (Phi) is 3.67.